The van der Waals surface area contributed by atoms with Crippen LogP contribution in [0, 0.1) is 19.8 Å². The second-order valence-electron chi connectivity index (χ2n) is 6.12. The van der Waals surface area contributed by atoms with Gasteiger partial charge in [0.1, 0.15) is 5.75 Å². The van der Waals surface area contributed by atoms with E-state index in [1.165, 1.54) is 23.1 Å². The van der Waals surface area contributed by atoms with Crippen LogP contribution in [-0.2, 0) is 6.42 Å². The average molecular weight is 263 g/mol. The SMILES string of the molecule is Cc1cc(CC(C)N)cc(C)c1OCCCC(C)C. The van der Waals surface area contributed by atoms with Crippen LogP contribution in [0.25, 0.3) is 0 Å². The molecule has 0 aliphatic carbocycles. The molecule has 2 heteroatoms. The van der Waals surface area contributed by atoms with Crippen LogP contribution in [0.5, 0.6) is 5.75 Å². The average Bonchev–Trinajstić information content (AvgIpc) is 2.25. The molecule has 19 heavy (non-hydrogen) atoms. The van der Waals surface area contributed by atoms with Crippen molar-refractivity contribution in [3.63, 3.8) is 0 Å². The van der Waals surface area contributed by atoms with Gasteiger partial charge in [0.15, 0.2) is 0 Å². The number of hydrogen-bond donors (Lipinski definition) is 1. The number of ether oxygens (including phenoxy) is 1. The van der Waals surface area contributed by atoms with Crippen LogP contribution in [0.4, 0.5) is 0 Å². The van der Waals surface area contributed by atoms with Gasteiger partial charge in [-0.25, -0.2) is 0 Å². The monoisotopic (exact) mass is 263 g/mol. The van der Waals surface area contributed by atoms with Crippen LogP contribution in [0.2, 0.25) is 0 Å². The van der Waals surface area contributed by atoms with Gasteiger partial charge in [-0.15, -0.1) is 0 Å². The molecule has 1 aromatic carbocycles. The van der Waals surface area contributed by atoms with Crippen LogP contribution in [0.15, 0.2) is 12.1 Å². The fourth-order valence-electron chi connectivity index (χ4n) is 2.42. The summed E-state index contributed by atoms with van der Waals surface area (Å²) in [5, 5.41) is 0. The topological polar surface area (TPSA) is 35.2 Å². The molecule has 0 saturated heterocycles. The predicted molar refractivity (Wildman–Crippen MR) is 82.8 cm³/mol. The Hall–Kier alpha value is -1.02. The number of nitrogens with two attached hydrogens (primary N) is 1. The first-order valence-corrected chi connectivity index (χ1v) is 7.38. The van der Waals surface area contributed by atoms with Gasteiger partial charge in [0.2, 0.25) is 0 Å². The molecule has 1 aromatic rings. The van der Waals surface area contributed by atoms with Crippen molar-refractivity contribution in [3.8, 4) is 5.75 Å². The van der Waals surface area contributed by atoms with E-state index in [1.807, 2.05) is 6.92 Å². The molecule has 2 nitrogen and oxygen atoms in total. The van der Waals surface area contributed by atoms with Gasteiger partial charge in [-0.05, 0) is 62.6 Å². The molecule has 0 aliphatic rings. The van der Waals surface area contributed by atoms with Crippen LogP contribution < -0.4 is 10.5 Å². The van der Waals surface area contributed by atoms with Crippen LogP contribution >= 0.6 is 0 Å². The lowest BCUT2D eigenvalue weighted by atomic mass is 10.0. The third kappa shape index (κ3) is 5.65. The lowest BCUT2D eigenvalue weighted by molar-refractivity contribution is 0.294. The van der Waals surface area contributed by atoms with Crippen molar-refractivity contribution in [1.82, 2.24) is 0 Å². The van der Waals surface area contributed by atoms with E-state index in [-0.39, 0.29) is 6.04 Å². The summed E-state index contributed by atoms with van der Waals surface area (Å²) in [6.45, 7) is 11.6. The van der Waals surface area contributed by atoms with Crippen molar-refractivity contribution in [2.24, 2.45) is 11.7 Å². The Balaban J connectivity index is 2.63. The summed E-state index contributed by atoms with van der Waals surface area (Å²) in [5.74, 6) is 1.80. The van der Waals surface area contributed by atoms with E-state index in [4.69, 9.17) is 10.5 Å². The van der Waals surface area contributed by atoms with E-state index in [0.717, 1.165) is 31.1 Å². The molecule has 0 amide bonds. The molecule has 0 fully saturated rings. The van der Waals surface area contributed by atoms with Crippen molar-refractivity contribution in [2.45, 2.75) is 59.9 Å². The highest BCUT2D eigenvalue weighted by Crippen LogP contribution is 2.25. The Kier molecular flexibility index (Phi) is 6.36. The van der Waals surface area contributed by atoms with Gasteiger partial charge in [-0.1, -0.05) is 26.0 Å². The molecule has 1 atom stereocenters. The Morgan fingerprint density at radius 2 is 1.68 bits per heavy atom. The van der Waals surface area contributed by atoms with Crippen molar-refractivity contribution in [1.29, 1.82) is 0 Å². The molecule has 2 N–H and O–H groups in total. The molecule has 0 spiro atoms. The minimum atomic E-state index is 0.205. The minimum absolute atomic E-state index is 0.205. The zero-order chi connectivity index (χ0) is 14.4. The summed E-state index contributed by atoms with van der Waals surface area (Å²) in [7, 11) is 0. The van der Waals surface area contributed by atoms with Gasteiger partial charge in [0.05, 0.1) is 6.61 Å². The minimum Gasteiger partial charge on any atom is -0.493 e. The van der Waals surface area contributed by atoms with Gasteiger partial charge in [-0.2, -0.15) is 0 Å². The molecule has 1 rings (SSSR count). The van der Waals surface area contributed by atoms with Gasteiger partial charge >= 0.3 is 0 Å². The highest BCUT2D eigenvalue weighted by Gasteiger charge is 2.08. The van der Waals surface area contributed by atoms with Crippen molar-refractivity contribution < 1.29 is 4.74 Å². The zero-order valence-corrected chi connectivity index (χ0v) is 13.1. The first-order chi connectivity index (χ1) is 8.90. The van der Waals surface area contributed by atoms with Crippen LogP contribution in [0.1, 0.15) is 50.3 Å². The number of hydrogen-bond acceptors (Lipinski definition) is 2. The van der Waals surface area contributed by atoms with Crippen molar-refractivity contribution in [3.05, 3.63) is 28.8 Å². The number of aryl methyl sites for hydroxylation is 2. The maximum absolute atomic E-state index is 5.95. The first-order valence-electron chi connectivity index (χ1n) is 7.38. The molecular formula is C17H29NO. The second-order valence-corrected chi connectivity index (χ2v) is 6.12. The Bertz CT molecular complexity index is 373. The second kappa shape index (κ2) is 7.54. The lowest BCUT2D eigenvalue weighted by Gasteiger charge is -2.15. The number of benzene rings is 1. The first kappa shape index (κ1) is 16.0. The van der Waals surface area contributed by atoms with Gasteiger partial charge in [-0.3, -0.25) is 0 Å². The third-order valence-corrected chi connectivity index (χ3v) is 3.25. The molecule has 0 radical (unpaired) electrons. The standard InChI is InChI=1S/C17H29NO/c1-12(2)7-6-8-19-17-13(3)9-16(10-14(17)4)11-15(5)18/h9-10,12,15H,6-8,11,18H2,1-5H3. The van der Waals surface area contributed by atoms with E-state index >= 15 is 0 Å². The quantitative estimate of drug-likeness (QED) is 0.754. The normalized spacial score (nSPS) is 12.8. The molecule has 1 unspecified atom stereocenters. The summed E-state index contributed by atoms with van der Waals surface area (Å²) >= 11 is 0. The maximum Gasteiger partial charge on any atom is 0.125 e. The lowest BCUT2D eigenvalue weighted by Crippen LogP contribution is -2.18. The summed E-state index contributed by atoms with van der Waals surface area (Å²) in [4.78, 5) is 0. The van der Waals surface area contributed by atoms with Crippen LogP contribution in [0.3, 0.4) is 0 Å². The molecular weight excluding hydrogens is 234 g/mol. The molecule has 0 heterocycles. The molecule has 0 saturated carbocycles. The third-order valence-electron chi connectivity index (χ3n) is 3.25. The van der Waals surface area contributed by atoms with E-state index in [0.29, 0.717) is 0 Å². The Morgan fingerprint density at radius 3 is 2.16 bits per heavy atom. The van der Waals surface area contributed by atoms with E-state index in [2.05, 4.69) is 39.8 Å². The fraction of sp³-hybridized carbons (Fsp3) is 0.647. The van der Waals surface area contributed by atoms with Gasteiger partial charge in [0, 0.05) is 6.04 Å². The molecule has 0 aromatic heterocycles. The summed E-state index contributed by atoms with van der Waals surface area (Å²) in [6, 6.07) is 4.61. The molecule has 0 bridgehead atoms. The molecule has 0 aliphatic heterocycles. The Labute approximate surface area is 118 Å². The zero-order valence-electron chi connectivity index (χ0n) is 13.1. The summed E-state index contributed by atoms with van der Waals surface area (Å²) in [5.41, 5.74) is 9.61. The fourth-order valence-corrected chi connectivity index (χ4v) is 2.42. The van der Waals surface area contributed by atoms with Gasteiger partial charge < -0.3 is 10.5 Å². The number of rotatable bonds is 7. The van der Waals surface area contributed by atoms with Crippen molar-refractivity contribution in [2.75, 3.05) is 6.61 Å². The van der Waals surface area contributed by atoms with Crippen molar-refractivity contribution >= 4 is 0 Å². The summed E-state index contributed by atoms with van der Waals surface area (Å²) < 4.78 is 5.95. The van der Waals surface area contributed by atoms with Crippen LogP contribution in [-0.4, -0.2) is 12.6 Å². The highest BCUT2D eigenvalue weighted by molar-refractivity contribution is 5.43. The van der Waals surface area contributed by atoms with E-state index < -0.39 is 0 Å². The smallest absolute Gasteiger partial charge is 0.125 e. The maximum atomic E-state index is 5.95. The molecule has 108 valence electrons. The van der Waals surface area contributed by atoms with E-state index in [9.17, 15) is 0 Å². The summed E-state index contributed by atoms with van der Waals surface area (Å²) in [6.07, 6.45) is 3.27. The highest BCUT2D eigenvalue weighted by atomic mass is 16.5. The Morgan fingerprint density at radius 1 is 1.11 bits per heavy atom. The largest absolute Gasteiger partial charge is 0.493 e. The predicted octanol–water partition coefficient (Wildman–Crippen LogP) is 4.01. The van der Waals surface area contributed by atoms with E-state index in [1.54, 1.807) is 0 Å². The van der Waals surface area contributed by atoms with Gasteiger partial charge in [0.25, 0.3) is 0 Å².